The molecule has 5 nitrogen and oxygen atoms in total. The van der Waals surface area contributed by atoms with Crippen LogP contribution in [-0.2, 0) is 4.79 Å². The van der Waals surface area contributed by atoms with Gasteiger partial charge in [0.15, 0.2) is 0 Å². The van der Waals surface area contributed by atoms with Crippen molar-refractivity contribution in [1.82, 2.24) is 0 Å². The summed E-state index contributed by atoms with van der Waals surface area (Å²) in [6, 6.07) is 14.0. The number of para-hydroxylation sites is 1. The fraction of sp³-hybridized carbons (Fsp3) is 0.176. The molecule has 0 aliphatic carbocycles. The molecule has 0 unspecified atom stereocenters. The third kappa shape index (κ3) is 4.34. The molecule has 2 aromatic rings. The molecule has 2 N–H and O–H groups in total. The Morgan fingerprint density at radius 1 is 1.14 bits per heavy atom. The fourth-order valence-electron chi connectivity index (χ4n) is 1.93. The fourth-order valence-corrected chi connectivity index (χ4v) is 1.93. The lowest BCUT2D eigenvalue weighted by Gasteiger charge is -2.09. The van der Waals surface area contributed by atoms with Crippen molar-refractivity contribution in [3.8, 4) is 5.75 Å². The van der Waals surface area contributed by atoms with Gasteiger partial charge in [-0.15, -0.1) is 0 Å². The number of amides is 1. The van der Waals surface area contributed by atoms with E-state index in [9.17, 15) is 9.59 Å². The van der Waals surface area contributed by atoms with Gasteiger partial charge in [0, 0.05) is 5.69 Å². The summed E-state index contributed by atoms with van der Waals surface area (Å²) in [6.45, 7) is 1.97. The molecule has 0 bridgehead atoms. The summed E-state index contributed by atoms with van der Waals surface area (Å²) in [6.07, 6.45) is 0.186. The number of carboxylic acid groups (broad SMARTS) is 1. The first-order valence-electron chi connectivity index (χ1n) is 6.88. The molecule has 5 heteroatoms. The molecule has 2 rings (SSSR count). The highest BCUT2D eigenvalue weighted by atomic mass is 16.5. The number of aryl methyl sites for hydroxylation is 1. The molecule has 0 fully saturated rings. The van der Waals surface area contributed by atoms with E-state index < -0.39 is 5.97 Å². The summed E-state index contributed by atoms with van der Waals surface area (Å²) >= 11 is 0. The number of aromatic carboxylic acids is 1. The van der Waals surface area contributed by atoms with E-state index in [2.05, 4.69) is 5.32 Å². The first kappa shape index (κ1) is 15.6. The number of carbonyl (C=O) groups excluding carboxylic acids is 1. The number of hydrogen-bond acceptors (Lipinski definition) is 3. The summed E-state index contributed by atoms with van der Waals surface area (Å²) in [5, 5.41) is 11.7. The average molecular weight is 299 g/mol. The van der Waals surface area contributed by atoms with Crippen molar-refractivity contribution in [3.05, 3.63) is 59.7 Å². The molecule has 0 radical (unpaired) electrons. The van der Waals surface area contributed by atoms with E-state index in [0.717, 1.165) is 0 Å². The Bertz CT molecular complexity index is 668. The van der Waals surface area contributed by atoms with Crippen molar-refractivity contribution in [2.45, 2.75) is 13.3 Å². The zero-order chi connectivity index (χ0) is 15.9. The van der Waals surface area contributed by atoms with Gasteiger partial charge in [-0.25, -0.2) is 4.79 Å². The maximum Gasteiger partial charge on any atom is 0.336 e. The zero-order valence-electron chi connectivity index (χ0n) is 12.2. The third-order valence-electron chi connectivity index (χ3n) is 3.09. The highest BCUT2D eigenvalue weighted by Crippen LogP contribution is 2.16. The predicted octanol–water partition coefficient (Wildman–Crippen LogP) is 3.10. The van der Waals surface area contributed by atoms with Crippen LogP contribution in [-0.4, -0.2) is 23.6 Å². The van der Waals surface area contributed by atoms with Crippen LogP contribution in [0.25, 0.3) is 0 Å². The van der Waals surface area contributed by atoms with Crippen molar-refractivity contribution in [2.75, 3.05) is 11.9 Å². The maximum atomic E-state index is 11.8. The Morgan fingerprint density at radius 2 is 1.86 bits per heavy atom. The molecule has 0 aliphatic rings. The molecule has 114 valence electrons. The Balaban J connectivity index is 1.87. The van der Waals surface area contributed by atoms with Gasteiger partial charge in [0.25, 0.3) is 0 Å². The maximum absolute atomic E-state index is 11.8. The highest BCUT2D eigenvalue weighted by Gasteiger charge is 2.09. The van der Waals surface area contributed by atoms with Crippen LogP contribution in [0.15, 0.2) is 48.5 Å². The summed E-state index contributed by atoms with van der Waals surface area (Å²) < 4.78 is 5.44. The van der Waals surface area contributed by atoms with Gasteiger partial charge in [-0.3, -0.25) is 4.79 Å². The Kier molecular flexibility index (Phi) is 5.14. The van der Waals surface area contributed by atoms with E-state index in [1.54, 1.807) is 19.1 Å². The van der Waals surface area contributed by atoms with Gasteiger partial charge >= 0.3 is 5.97 Å². The van der Waals surface area contributed by atoms with Gasteiger partial charge in [0.2, 0.25) is 5.91 Å². The molecule has 0 saturated carbocycles. The lowest BCUT2D eigenvalue weighted by atomic mass is 10.1. The van der Waals surface area contributed by atoms with Crippen molar-refractivity contribution in [1.29, 1.82) is 0 Å². The van der Waals surface area contributed by atoms with Crippen LogP contribution in [0.1, 0.15) is 22.3 Å². The molecule has 0 saturated heterocycles. The van der Waals surface area contributed by atoms with E-state index in [4.69, 9.17) is 9.84 Å². The first-order chi connectivity index (χ1) is 10.6. The van der Waals surface area contributed by atoms with Crippen LogP contribution in [0.2, 0.25) is 0 Å². The van der Waals surface area contributed by atoms with Crippen molar-refractivity contribution in [2.24, 2.45) is 0 Å². The third-order valence-corrected chi connectivity index (χ3v) is 3.09. The van der Waals surface area contributed by atoms with Gasteiger partial charge in [0.1, 0.15) is 5.75 Å². The molecular weight excluding hydrogens is 282 g/mol. The normalized spacial score (nSPS) is 10.0. The minimum atomic E-state index is -1.01. The quantitative estimate of drug-likeness (QED) is 0.859. The molecule has 0 heterocycles. The number of ether oxygens (including phenoxy) is 1. The van der Waals surface area contributed by atoms with E-state index in [-0.39, 0.29) is 24.5 Å². The Hall–Kier alpha value is -2.82. The van der Waals surface area contributed by atoms with Crippen LogP contribution in [0.3, 0.4) is 0 Å². The molecular formula is C17H17NO4. The van der Waals surface area contributed by atoms with Gasteiger partial charge < -0.3 is 15.2 Å². The monoisotopic (exact) mass is 299 g/mol. The Labute approximate surface area is 128 Å². The largest absolute Gasteiger partial charge is 0.493 e. The molecule has 22 heavy (non-hydrogen) atoms. The lowest BCUT2D eigenvalue weighted by molar-refractivity contribution is -0.116. The molecule has 1 amide bonds. The highest BCUT2D eigenvalue weighted by molar-refractivity contribution is 5.94. The molecule has 0 aliphatic heterocycles. The summed E-state index contributed by atoms with van der Waals surface area (Å²) in [4.78, 5) is 22.9. The SMILES string of the molecule is Cc1ccc(NC(=O)CCOc2ccccc2)cc1C(=O)O. The number of rotatable bonds is 6. The van der Waals surface area contributed by atoms with E-state index >= 15 is 0 Å². The zero-order valence-corrected chi connectivity index (χ0v) is 12.2. The van der Waals surface area contributed by atoms with Gasteiger partial charge in [-0.2, -0.15) is 0 Å². The topological polar surface area (TPSA) is 75.6 Å². The molecule has 0 atom stereocenters. The van der Waals surface area contributed by atoms with Crippen molar-refractivity contribution < 1.29 is 19.4 Å². The van der Waals surface area contributed by atoms with E-state index in [0.29, 0.717) is 17.0 Å². The van der Waals surface area contributed by atoms with E-state index in [1.807, 2.05) is 30.3 Å². The van der Waals surface area contributed by atoms with Crippen LogP contribution in [0.5, 0.6) is 5.75 Å². The Morgan fingerprint density at radius 3 is 2.55 bits per heavy atom. The minimum absolute atomic E-state index is 0.179. The number of hydrogen-bond donors (Lipinski definition) is 2. The van der Waals surface area contributed by atoms with Crippen LogP contribution in [0, 0.1) is 6.92 Å². The number of nitrogens with one attached hydrogen (secondary N) is 1. The second-order valence-electron chi connectivity index (χ2n) is 4.79. The van der Waals surface area contributed by atoms with Crippen LogP contribution < -0.4 is 10.1 Å². The average Bonchev–Trinajstić information content (AvgIpc) is 2.50. The summed E-state index contributed by atoms with van der Waals surface area (Å²) in [5.41, 5.74) is 1.30. The molecule has 0 aromatic heterocycles. The molecule has 2 aromatic carbocycles. The van der Waals surface area contributed by atoms with Gasteiger partial charge in [-0.05, 0) is 36.8 Å². The number of benzene rings is 2. The second-order valence-corrected chi connectivity index (χ2v) is 4.79. The standard InChI is InChI=1S/C17H17NO4/c1-12-7-8-13(11-15(12)17(20)21)18-16(19)9-10-22-14-5-3-2-4-6-14/h2-8,11H,9-10H2,1H3,(H,18,19)(H,20,21). The predicted molar refractivity (Wildman–Crippen MR) is 83.3 cm³/mol. The van der Waals surface area contributed by atoms with Crippen LogP contribution >= 0.6 is 0 Å². The van der Waals surface area contributed by atoms with Crippen LogP contribution in [0.4, 0.5) is 5.69 Å². The number of carbonyl (C=O) groups is 2. The minimum Gasteiger partial charge on any atom is -0.493 e. The van der Waals surface area contributed by atoms with Crippen molar-refractivity contribution >= 4 is 17.6 Å². The number of carboxylic acids is 1. The van der Waals surface area contributed by atoms with Gasteiger partial charge in [-0.1, -0.05) is 24.3 Å². The van der Waals surface area contributed by atoms with E-state index in [1.165, 1.54) is 6.07 Å². The van der Waals surface area contributed by atoms with Crippen molar-refractivity contribution in [3.63, 3.8) is 0 Å². The summed E-state index contributed by atoms with van der Waals surface area (Å²) in [7, 11) is 0. The number of anilines is 1. The summed E-state index contributed by atoms with van der Waals surface area (Å²) in [5.74, 6) is -0.532. The second kappa shape index (κ2) is 7.26. The van der Waals surface area contributed by atoms with Gasteiger partial charge in [0.05, 0.1) is 18.6 Å². The molecule has 0 spiro atoms. The lowest BCUT2D eigenvalue weighted by Crippen LogP contribution is -2.15. The first-order valence-corrected chi connectivity index (χ1v) is 6.88. The smallest absolute Gasteiger partial charge is 0.336 e.